The minimum Gasteiger partial charge on any atom is -0.335 e. The average molecular weight is 415 g/mol. The summed E-state index contributed by atoms with van der Waals surface area (Å²) in [6.07, 6.45) is 0.0896. The van der Waals surface area contributed by atoms with Gasteiger partial charge < -0.3 is 4.90 Å². The predicted octanol–water partition coefficient (Wildman–Crippen LogP) is 2.76. The molecule has 0 bridgehead atoms. The van der Waals surface area contributed by atoms with Gasteiger partial charge in [0, 0.05) is 25.6 Å². The highest BCUT2D eigenvalue weighted by molar-refractivity contribution is 7.89. The molecule has 9 heteroatoms. The Balaban J connectivity index is 1.69. The van der Waals surface area contributed by atoms with Gasteiger partial charge in [0.1, 0.15) is 5.01 Å². The normalized spacial score (nSPS) is 11.3. The minimum atomic E-state index is -3.69. The Kier molecular flexibility index (Phi) is 6.04. The van der Waals surface area contributed by atoms with E-state index in [2.05, 4.69) is 9.71 Å². The number of carbonyl (C=O) groups is 1. The molecular formula is C19H18N4O3S2. The second-order valence-corrected chi connectivity index (χ2v) is 8.95. The van der Waals surface area contributed by atoms with E-state index < -0.39 is 10.0 Å². The highest BCUT2D eigenvalue weighted by atomic mass is 32.2. The van der Waals surface area contributed by atoms with Gasteiger partial charge in [-0.2, -0.15) is 5.26 Å². The Morgan fingerprint density at radius 1 is 1.21 bits per heavy atom. The highest BCUT2D eigenvalue weighted by Gasteiger charge is 2.17. The van der Waals surface area contributed by atoms with Crippen LogP contribution in [-0.2, 0) is 16.6 Å². The zero-order valence-electron chi connectivity index (χ0n) is 15.1. The van der Waals surface area contributed by atoms with E-state index in [0.29, 0.717) is 12.1 Å². The van der Waals surface area contributed by atoms with E-state index >= 15 is 0 Å². The highest BCUT2D eigenvalue weighted by Crippen LogP contribution is 2.23. The maximum atomic E-state index is 12.6. The summed E-state index contributed by atoms with van der Waals surface area (Å²) in [5.41, 5.74) is 1.29. The van der Waals surface area contributed by atoms with Crippen molar-refractivity contribution < 1.29 is 13.2 Å². The van der Waals surface area contributed by atoms with E-state index in [9.17, 15) is 13.2 Å². The molecule has 0 fully saturated rings. The molecule has 1 N–H and O–H groups in total. The van der Waals surface area contributed by atoms with Gasteiger partial charge in [0.15, 0.2) is 0 Å². The topological polar surface area (TPSA) is 103 Å². The van der Waals surface area contributed by atoms with Gasteiger partial charge in [-0.15, -0.1) is 11.3 Å². The summed E-state index contributed by atoms with van der Waals surface area (Å²) >= 11 is 1.54. The van der Waals surface area contributed by atoms with E-state index in [1.54, 1.807) is 11.9 Å². The lowest BCUT2D eigenvalue weighted by molar-refractivity contribution is 0.0785. The van der Waals surface area contributed by atoms with E-state index in [-0.39, 0.29) is 23.8 Å². The first-order valence-corrected chi connectivity index (χ1v) is 10.8. The number of sulfonamides is 1. The van der Waals surface area contributed by atoms with Crippen LogP contribution >= 0.6 is 11.3 Å². The van der Waals surface area contributed by atoms with Gasteiger partial charge in [0.2, 0.25) is 10.0 Å². The van der Waals surface area contributed by atoms with E-state index in [1.165, 1.54) is 35.6 Å². The van der Waals surface area contributed by atoms with Gasteiger partial charge in [0.05, 0.1) is 27.7 Å². The number of nitrogens with zero attached hydrogens (tertiary/aromatic N) is 3. The first kappa shape index (κ1) is 19.9. The van der Waals surface area contributed by atoms with Crippen LogP contribution in [0.3, 0.4) is 0 Å². The van der Waals surface area contributed by atoms with Crippen LogP contribution in [0.4, 0.5) is 0 Å². The Labute approximate surface area is 167 Å². The average Bonchev–Trinajstić information content (AvgIpc) is 3.10. The molecule has 144 valence electrons. The zero-order valence-corrected chi connectivity index (χ0v) is 16.8. The second kappa shape index (κ2) is 8.48. The van der Waals surface area contributed by atoms with Crippen molar-refractivity contribution in [1.82, 2.24) is 14.6 Å². The molecular weight excluding hydrogens is 396 g/mol. The lowest BCUT2D eigenvalue weighted by atomic mass is 10.2. The van der Waals surface area contributed by atoms with Crippen molar-refractivity contribution in [3.05, 3.63) is 59.1 Å². The molecule has 1 heterocycles. The van der Waals surface area contributed by atoms with Crippen LogP contribution in [0, 0.1) is 11.3 Å². The van der Waals surface area contributed by atoms with Crippen molar-refractivity contribution in [2.24, 2.45) is 0 Å². The molecule has 3 rings (SSSR count). The molecule has 0 saturated carbocycles. The van der Waals surface area contributed by atoms with Gasteiger partial charge >= 0.3 is 0 Å². The van der Waals surface area contributed by atoms with E-state index in [0.717, 1.165) is 15.2 Å². The van der Waals surface area contributed by atoms with Gasteiger partial charge in [-0.3, -0.25) is 4.79 Å². The monoisotopic (exact) mass is 414 g/mol. The van der Waals surface area contributed by atoms with Crippen LogP contribution in [0.1, 0.15) is 21.8 Å². The molecule has 0 aliphatic heterocycles. The molecule has 28 heavy (non-hydrogen) atoms. The van der Waals surface area contributed by atoms with Gasteiger partial charge in [-0.25, -0.2) is 18.1 Å². The third-order valence-corrected chi connectivity index (χ3v) is 6.50. The Bertz CT molecular complexity index is 1100. The molecule has 0 radical (unpaired) electrons. The van der Waals surface area contributed by atoms with Crippen molar-refractivity contribution >= 4 is 37.5 Å². The van der Waals surface area contributed by atoms with Crippen molar-refractivity contribution in [2.45, 2.75) is 17.9 Å². The molecule has 0 saturated heterocycles. The fraction of sp³-hybridized carbons (Fsp3) is 0.211. The largest absolute Gasteiger partial charge is 0.335 e. The summed E-state index contributed by atoms with van der Waals surface area (Å²) in [5, 5.41) is 9.33. The molecule has 0 unspecified atom stereocenters. The number of hydrogen-bond donors (Lipinski definition) is 1. The number of rotatable bonds is 7. The summed E-state index contributed by atoms with van der Waals surface area (Å²) < 4.78 is 27.7. The van der Waals surface area contributed by atoms with Crippen LogP contribution < -0.4 is 4.72 Å². The van der Waals surface area contributed by atoms with Crippen molar-refractivity contribution in [1.29, 1.82) is 5.26 Å². The summed E-state index contributed by atoms with van der Waals surface area (Å²) in [7, 11) is -2.01. The van der Waals surface area contributed by atoms with Crippen molar-refractivity contribution in [3.63, 3.8) is 0 Å². The van der Waals surface area contributed by atoms with Crippen molar-refractivity contribution in [3.8, 4) is 6.07 Å². The molecule has 2 aromatic carbocycles. The molecule has 0 aliphatic carbocycles. The molecule has 0 aliphatic rings. The SMILES string of the molecule is CN(Cc1nc2ccccc2s1)C(=O)c1ccc(S(=O)(=O)NCCC#N)cc1. The number of nitriles is 1. The number of hydrogen-bond acceptors (Lipinski definition) is 6. The summed E-state index contributed by atoms with van der Waals surface area (Å²) in [4.78, 5) is 18.8. The summed E-state index contributed by atoms with van der Waals surface area (Å²) in [5.74, 6) is -0.222. The van der Waals surface area contributed by atoms with Crippen LogP contribution in [0.15, 0.2) is 53.4 Å². The number of fused-ring (bicyclic) bond motifs is 1. The number of aromatic nitrogens is 1. The zero-order chi connectivity index (χ0) is 20.1. The maximum Gasteiger partial charge on any atom is 0.253 e. The third-order valence-electron chi connectivity index (χ3n) is 4.00. The third kappa shape index (κ3) is 4.54. The summed E-state index contributed by atoms with van der Waals surface area (Å²) in [6, 6.07) is 15.4. The molecule has 0 atom stereocenters. The van der Waals surface area contributed by atoms with Crippen LogP contribution in [-0.4, -0.2) is 37.8 Å². The van der Waals surface area contributed by atoms with Crippen LogP contribution in [0.5, 0.6) is 0 Å². The maximum absolute atomic E-state index is 12.6. The fourth-order valence-electron chi connectivity index (χ4n) is 2.58. The predicted molar refractivity (Wildman–Crippen MR) is 107 cm³/mol. The molecule has 1 amide bonds. The van der Waals surface area contributed by atoms with Crippen molar-refractivity contribution in [2.75, 3.05) is 13.6 Å². The van der Waals surface area contributed by atoms with E-state index in [1.807, 2.05) is 30.3 Å². The first-order chi connectivity index (χ1) is 13.4. The van der Waals surface area contributed by atoms with Gasteiger partial charge in [0.25, 0.3) is 5.91 Å². The number of thiazole rings is 1. The smallest absolute Gasteiger partial charge is 0.253 e. The van der Waals surface area contributed by atoms with Crippen LogP contribution in [0.2, 0.25) is 0 Å². The summed E-state index contributed by atoms with van der Waals surface area (Å²) in [6.45, 7) is 0.415. The lowest BCUT2D eigenvalue weighted by Gasteiger charge is -2.16. The second-order valence-electron chi connectivity index (χ2n) is 6.07. The quantitative estimate of drug-likeness (QED) is 0.599. The standard InChI is InChI=1S/C19H18N4O3S2/c1-23(13-18-22-16-5-2-3-6-17(16)27-18)19(24)14-7-9-15(10-8-14)28(25,26)21-12-4-11-20/h2-3,5-10,21H,4,12-13H2,1H3. The van der Waals surface area contributed by atoms with Gasteiger partial charge in [-0.1, -0.05) is 12.1 Å². The Hall–Kier alpha value is -2.80. The minimum absolute atomic E-state index is 0.0461. The Morgan fingerprint density at radius 2 is 1.93 bits per heavy atom. The fourth-order valence-corrected chi connectivity index (χ4v) is 4.64. The lowest BCUT2D eigenvalue weighted by Crippen LogP contribution is -2.27. The van der Waals surface area contributed by atoms with E-state index in [4.69, 9.17) is 5.26 Å². The number of amides is 1. The Morgan fingerprint density at radius 3 is 2.61 bits per heavy atom. The number of nitrogens with one attached hydrogen (secondary N) is 1. The molecule has 3 aromatic rings. The molecule has 1 aromatic heterocycles. The van der Waals surface area contributed by atoms with Crippen LogP contribution in [0.25, 0.3) is 10.2 Å². The first-order valence-electron chi connectivity index (χ1n) is 8.47. The number of benzene rings is 2. The number of para-hydroxylation sites is 1. The molecule has 0 spiro atoms. The van der Waals surface area contributed by atoms with Gasteiger partial charge in [-0.05, 0) is 36.4 Å². The number of carbonyl (C=O) groups excluding carboxylic acids is 1. The molecule has 7 nitrogen and oxygen atoms in total.